The number of fused-ring (bicyclic) bond motifs is 1. The van der Waals surface area contributed by atoms with Gasteiger partial charge in [0.2, 0.25) is 11.8 Å². The van der Waals surface area contributed by atoms with Crippen LogP contribution in [0, 0.1) is 6.92 Å². The van der Waals surface area contributed by atoms with E-state index in [0.717, 1.165) is 46.9 Å². The van der Waals surface area contributed by atoms with E-state index < -0.39 is 5.60 Å². The zero-order valence-electron chi connectivity index (χ0n) is 25.6. The Morgan fingerprint density at radius 3 is 2.72 bits per heavy atom. The third kappa shape index (κ3) is 7.59. The molecular weight excluding hydrogens is 542 g/mol. The van der Waals surface area contributed by atoms with E-state index in [-0.39, 0.29) is 18.2 Å². The Kier molecular flexibility index (Phi) is 9.11. The average molecular weight is 584 g/mol. The molecular formula is C34H41N5O4. The quantitative estimate of drug-likeness (QED) is 0.230. The SMILES string of the molecule is Cc1ccc2c(CC[C@H](C)O)cccc2c1Oc1ncccc1-c1ccnc(N[C@H]2CCCN(C(=O)OC(C)(C)C)C2)n1. The normalized spacial score (nSPS) is 16.1. The third-order valence-electron chi connectivity index (χ3n) is 7.44. The summed E-state index contributed by atoms with van der Waals surface area (Å²) in [6, 6.07) is 16.0. The van der Waals surface area contributed by atoms with Gasteiger partial charge in [-0.3, -0.25) is 0 Å². The number of aromatic nitrogens is 3. The maximum absolute atomic E-state index is 12.6. The number of amides is 1. The maximum Gasteiger partial charge on any atom is 0.410 e. The van der Waals surface area contributed by atoms with Crippen LogP contribution in [0.25, 0.3) is 22.0 Å². The molecule has 0 radical (unpaired) electrons. The van der Waals surface area contributed by atoms with Crippen LogP contribution in [0.15, 0.2) is 60.9 Å². The molecule has 1 amide bonds. The van der Waals surface area contributed by atoms with Gasteiger partial charge in [0.05, 0.1) is 17.4 Å². The molecule has 0 unspecified atom stereocenters. The number of anilines is 1. The molecule has 1 saturated heterocycles. The van der Waals surface area contributed by atoms with Gasteiger partial charge in [-0.1, -0.05) is 30.3 Å². The lowest BCUT2D eigenvalue weighted by Crippen LogP contribution is -2.47. The molecule has 4 aromatic rings. The van der Waals surface area contributed by atoms with E-state index in [2.05, 4.69) is 39.6 Å². The Balaban J connectivity index is 1.38. The van der Waals surface area contributed by atoms with Crippen molar-refractivity contribution in [2.24, 2.45) is 0 Å². The summed E-state index contributed by atoms with van der Waals surface area (Å²) < 4.78 is 12.1. The van der Waals surface area contributed by atoms with Crippen molar-refractivity contribution in [1.29, 1.82) is 0 Å². The van der Waals surface area contributed by atoms with Gasteiger partial charge < -0.3 is 24.8 Å². The van der Waals surface area contributed by atoms with Crippen LogP contribution in [-0.4, -0.2) is 61.9 Å². The summed E-state index contributed by atoms with van der Waals surface area (Å²) >= 11 is 0. The first-order valence-corrected chi connectivity index (χ1v) is 15.0. The van der Waals surface area contributed by atoms with E-state index in [0.29, 0.717) is 37.0 Å². The summed E-state index contributed by atoms with van der Waals surface area (Å²) in [6.45, 7) is 10.6. The van der Waals surface area contributed by atoms with Gasteiger partial charge in [-0.2, -0.15) is 0 Å². The van der Waals surface area contributed by atoms with Crippen molar-refractivity contribution in [3.63, 3.8) is 0 Å². The Bertz CT molecular complexity index is 1580. The standard InChI is InChI=1S/C34H41N5O4/c1-22-13-16-26-24(15-14-23(2)40)9-6-11-27(26)30(22)42-31-28(12-7-18-35-31)29-17-19-36-32(38-29)37-25-10-8-20-39(21-25)33(41)43-34(3,4)5/h6-7,9,11-13,16-19,23,25,40H,8,10,14-15,20-21H2,1-5H3,(H,36,37,38)/t23-,25-/m0/s1. The zero-order valence-corrected chi connectivity index (χ0v) is 25.6. The minimum atomic E-state index is -0.538. The third-order valence-corrected chi connectivity index (χ3v) is 7.44. The number of pyridine rings is 1. The summed E-state index contributed by atoms with van der Waals surface area (Å²) in [5, 5.41) is 15.3. The summed E-state index contributed by atoms with van der Waals surface area (Å²) in [5.74, 6) is 1.67. The van der Waals surface area contributed by atoms with Gasteiger partial charge in [0.1, 0.15) is 11.4 Å². The van der Waals surface area contributed by atoms with Crippen molar-refractivity contribution in [2.45, 2.75) is 78.0 Å². The summed E-state index contributed by atoms with van der Waals surface area (Å²) in [7, 11) is 0. The second kappa shape index (κ2) is 13.0. The fourth-order valence-electron chi connectivity index (χ4n) is 5.33. The Morgan fingerprint density at radius 2 is 1.93 bits per heavy atom. The van der Waals surface area contributed by atoms with Crippen molar-refractivity contribution in [3.05, 3.63) is 72.1 Å². The first kappa shape index (κ1) is 30.2. The predicted molar refractivity (Wildman–Crippen MR) is 168 cm³/mol. The van der Waals surface area contributed by atoms with Crippen molar-refractivity contribution in [1.82, 2.24) is 19.9 Å². The molecule has 5 rings (SSSR count). The number of aryl methyl sites for hydroxylation is 2. The smallest absolute Gasteiger partial charge is 0.410 e. The molecule has 9 heteroatoms. The number of aliphatic hydroxyl groups is 1. The lowest BCUT2D eigenvalue weighted by atomic mass is 9.97. The van der Waals surface area contributed by atoms with Gasteiger partial charge in [0.25, 0.3) is 0 Å². The number of rotatable bonds is 8. The number of nitrogens with zero attached hydrogens (tertiary/aromatic N) is 4. The highest BCUT2D eigenvalue weighted by atomic mass is 16.6. The fourth-order valence-corrected chi connectivity index (χ4v) is 5.33. The molecule has 9 nitrogen and oxygen atoms in total. The van der Waals surface area contributed by atoms with E-state index in [1.807, 2.05) is 58.9 Å². The number of nitrogens with one attached hydrogen (secondary N) is 1. The maximum atomic E-state index is 12.6. The van der Waals surface area contributed by atoms with Crippen LogP contribution in [0.1, 0.15) is 58.1 Å². The number of piperidine rings is 1. The van der Waals surface area contributed by atoms with Crippen LogP contribution in [0.3, 0.4) is 0 Å². The first-order valence-electron chi connectivity index (χ1n) is 15.0. The Hall–Kier alpha value is -4.24. The lowest BCUT2D eigenvalue weighted by Gasteiger charge is -2.34. The van der Waals surface area contributed by atoms with Crippen LogP contribution < -0.4 is 10.1 Å². The van der Waals surface area contributed by atoms with E-state index in [1.54, 1.807) is 17.3 Å². The number of hydrogen-bond acceptors (Lipinski definition) is 8. The van der Waals surface area contributed by atoms with Gasteiger partial charge in [-0.25, -0.2) is 19.7 Å². The summed E-state index contributed by atoms with van der Waals surface area (Å²) in [5.41, 5.74) is 3.05. The summed E-state index contributed by atoms with van der Waals surface area (Å²) in [6.07, 6.45) is 5.99. The number of hydrogen-bond donors (Lipinski definition) is 2. The van der Waals surface area contributed by atoms with Gasteiger partial charge in [-0.15, -0.1) is 0 Å². The molecule has 1 aliphatic rings. The molecule has 0 aliphatic carbocycles. The molecule has 0 spiro atoms. The molecule has 3 heterocycles. The molecule has 2 atom stereocenters. The molecule has 226 valence electrons. The number of carbonyl (C=O) groups excluding carboxylic acids is 1. The Morgan fingerprint density at radius 1 is 1.09 bits per heavy atom. The first-order chi connectivity index (χ1) is 20.6. The Labute approximate surface area is 253 Å². The molecule has 2 aromatic heterocycles. The molecule has 1 aliphatic heterocycles. The van der Waals surface area contributed by atoms with Crippen molar-refractivity contribution < 1.29 is 19.4 Å². The molecule has 0 saturated carbocycles. The highest BCUT2D eigenvalue weighted by Crippen LogP contribution is 2.37. The van der Waals surface area contributed by atoms with Crippen LogP contribution in [-0.2, 0) is 11.2 Å². The van der Waals surface area contributed by atoms with Crippen molar-refractivity contribution in [3.8, 4) is 22.9 Å². The second-order valence-electron chi connectivity index (χ2n) is 12.2. The molecule has 43 heavy (non-hydrogen) atoms. The molecule has 1 fully saturated rings. The highest BCUT2D eigenvalue weighted by Gasteiger charge is 2.28. The van der Waals surface area contributed by atoms with E-state index in [4.69, 9.17) is 14.5 Å². The zero-order chi connectivity index (χ0) is 30.6. The molecule has 2 aromatic carbocycles. The van der Waals surface area contributed by atoms with E-state index >= 15 is 0 Å². The average Bonchev–Trinajstić information content (AvgIpc) is 2.97. The van der Waals surface area contributed by atoms with E-state index in [1.165, 1.54) is 5.56 Å². The monoisotopic (exact) mass is 583 g/mol. The second-order valence-corrected chi connectivity index (χ2v) is 12.2. The van der Waals surface area contributed by atoms with E-state index in [9.17, 15) is 9.90 Å². The van der Waals surface area contributed by atoms with Crippen molar-refractivity contribution in [2.75, 3.05) is 18.4 Å². The van der Waals surface area contributed by atoms with Crippen LogP contribution in [0.5, 0.6) is 11.6 Å². The number of ether oxygens (including phenoxy) is 2. The summed E-state index contributed by atoms with van der Waals surface area (Å²) in [4.78, 5) is 28.2. The minimum absolute atomic E-state index is 0.00230. The van der Waals surface area contributed by atoms with Gasteiger partial charge >= 0.3 is 6.09 Å². The number of benzene rings is 2. The topological polar surface area (TPSA) is 110 Å². The number of likely N-dealkylation sites (tertiary alicyclic amines) is 1. The molecule has 0 bridgehead atoms. The van der Waals surface area contributed by atoms with Crippen LogP contribution >= 0.6 is 0 Å². The predicted octanol–water partition coefficient (Wildman–Crippen LogP) is 6.92. The highest BCUT2D eigenvalue weighted by molar-refractivity contribution is 5.92. The fraction of sp³-hybridized carbons (Fsp3) is 0.412. The van der Waals surface area contributed by atoms with Gasteiger partial charge in [0, 0.05) is 36.9 Å². The van der Waals surface area contributed by atoms with Crippen LogP contribution in [0.4, 0.5) is 10.7 Å². The van der Waals surface area contributed by atoms with Gasteiger partial charge in [-0.05, 0) is 95.0 Å². The molecule has 2 N–H and O–H groups in total. The lowest BCUT2D eigenvalue weighted by molar-refractivity contribution is 0.0206. The van der Waals surface area contributed by atoms with Crippen molar-refractivity contribution >= 4 is 22.8 Å². The van der Waals surface area contributed by atoms with Crippen LogP contribution in [0.2, 0.25) is 0 Å². The minimum Gasteiger partial charge on any atom is -0.444 e. The largest absolute Gasteiger partial charge is 0.444 e. The number of carbonyl (C=O) groups is 1. The number of aliphatic hydroxyl groups excluding tert-OH is 1. The van der Waals surface area contributed by atoms with Gasteiger partial charge in [0.15, 0.2) is 0 Å².